The van der Waals surface area contributed by atoms with Crippen LogP contribution in [0.4, 0.5) is 13.2 Å². The van der Waals surface area contributed by atoms with Crippen LogP contribution in [0.2, 0.25) is 0 Å². The fourth-order valence-corrected chi connectivity index (χ4v) is 2.88. The van der Waals surface area contributed by atoms with Gasteiger partial charge >= 0.3 is 18.1 Å². The highest BCUT2D eigenvalue weighted by atomic mass is 19.4. The molecule has 0 spiro atoms. The number of halogens is 3. The molecule has 8 heteroatoms. The largest absolute Gasteiger partial charge is 0.494 e. The molecule has 0 bridgehead atoms. The molecule has 0 heterocycles. The fourth-order valence-electron chi connectivity index (χ4n) is 2.88. The molecule has 0 saturated heterocycles. The van der Waals surface area contributed by atoms with Crippen LogP contribution < -0.4 is 9.47 Å². The van der Waals surface area contributed by atoms with Gasteiger partial charge in [-0.25, -0.2) is 9.59 Å². The van der Waals surface area contributed by atoms with Crippen molar-refractivity contribution in [2.24, 2.45) is 0 Å². The van der Waals surface area contributed by atoms with Crippen LogP contribution in [0.5, 0.6) is 11.5 Å². The minimum Gasteiger partial charge on any atom is -0.494 e. The lowest BCUT2D eigenvalue weighted by molar-refractivity contribution is -0.138. The summed E-state index contributed by atoms with van der Waals surface area (Å²) in [4.78, 5) is 24.0. The predicted molar refractivity (Wildman–Crippen MR) is 123 cm³/mol. The van der Waals surface area contributed by atoms with Crippen LogP contribution in [0, 0.1) is 0 Å². The Morgan fingerprint density at radius 3 is 2.18 bits per heavy atom. The van der Waals surface area contributed by atoms with Crippen LogP contribution >= 0.6 is 0 Å². The molecule has 34 heavy (non-hydrogen) atoms. The zero-order chi connectivity index (χ0) is 24.8. The zero-order valence-electron chi connectivity index (χ0n) is 19.1. The lowest BCUT2D eigenvalue weighted by Crippen LogP contribution is -2.10. The monoisotopic (exact) mass is 478 g/mol. The Morgan fingerprint density at radius 1 is 0.853 bits per heavy atom. The molecule has 0 atom stereocenters. The van der Waals surface area contributed by atoms with Gasteiger partial charge in [-0.3, -0.25) is 0 Å². The van der Waals surface area contributed by atoms with Crippen molar-refractivity contribution in [1.82, 2.24) is 0 Å². The topological polar surface area (TPSA) is 61.8 Å². The number of esters is 2. The summed E-state index contributed by atoms with van der Waals surface area (Å²) < 4.78 is 52.1. The molecule has 0 N–H and O–H groups in total. The van der Waals surface area contributed by atoms with Gasteiger partial charge in [0.15, 0.2) is 0 Å². The van der Waals surface area contributed by atoms with E-state index in [9.17, 15) is 22.8 Å². The van der Waals surface area contributed by atoms with Gasteiger partial charge < -0.3 is 14.2 Å². The maximum Gasteiger partial charge on any atom is 0.389 e. The summed E-state index contributed by atoms with van der Waals surface area (Å²) in [6.07, 6.45) is 1.86. The van der Waals surface area contributed by atoms with Gasteiger partial charge in [-0.05, 0) is 60.9 Å². The van der Waals surface area contributed by atoms with E-state index in [1.165, 1.54) is 30.3 Å². The van der Waals surface area contributed by atoms with Gasteiger partial charge in [0.1, 0.15) is 11.5 Å². The SMILES string of the molecule is CCCCCCOC(=O)/C=C/c1ccc(OC(=O)c2ccc(OCCCC(F)(F)F)cc2)cc1. The molecule has 5 nitrogen and oxygen atoms in total. The molecule has 0 aliphatic rings. The highest BCUT2D eigenvalue weighted by Crippen LogP contribution is 2.22. The molecule has 2 rings (SSSR count). The number of alkyl halides is 3. The van der Waals surface area contributed by atoms with Crippen molar-refractivity contribution in [2.45, 2.75) is 51.6 Å². The van der Waals surface area contributed by atoms with Gasteiger partial charge in [-0.1, -0.05) is 38.3 Å². The second-order valence-corrected chi connectivity index (χ2v) is 7.61. The fraction of sp³-hybridized carbons (Fsp3) is 0.385. The molecular weight excluding hydrogens is 449 g/mol. The average Bonchev–Trinajstić information content (AvgIpc) is 2.81. The Morgan fingerprint density at radius 2 is 1.53 bits per heavy atom. The summed E-state index contributed by atoms with van der Waals surface area (Å²) in [6.45, 7) is 2.45. The van der Waals surface area contributed by atoms with E-state index in [0.717, 1.165) is 31.2 Å². The van der Waals surface area contributed by atoms with Crippen LogP contribution in [0.1, 0.15) is 61.4 Å². The third-order valence-electron chi connectivity index (χ3n) is 4.71. The number of hydrogen-bond acceptors (Lipinski definition) is 5. The van der Waals surface area contributed by atoms with Crippen LogP contribution in [0.25, 0.3) is 6.08 Å². The van der Waals surface area contributed by atoms with Gasteiger partial charge in [0.05, 0.1) is 18.8 Å². The molecule has 0 fully saturated rings. The Balaban J connectivity index is 1.77. The molecule has 0 saturated carbocycles. The summed E-state index contributed by atoms with van der Waals surface area (Å²) in [5, 5.41) is 0. The molecule has 2 aromatic rings. The number of carbonyl (C=O) groups excluding carboxylic acids is 2. The first-order valence-electron chi connectivity index (χ1n) is 11.2. The lowest BCUT2D eigenvalue weighted by Gasteiger charge is -2.09. The van der Waals surface area contributed by atoms with Crippen molar-refractivity contribution in [2.75, 3.05) is 13.2 Å². The standard InChI is InChI=1S/C26H29F3O5/c1-2-3-4-5-18-33-24(30)16-9-20-7-12-23(13-8-20)34-25(31)21-10-14-22(15-11-21)32-19-6-17-26(27,28)29/h7-16H,2-6,17-19H2,1H3/b16-9+. The van der Waals surface area contributed by atoms with E-state index in [0.29, 0.717) is 18.1 Å². The zero-order valence-corrected chi connectivity index (χ0v) is 19.1. The summed E-state index contributed by atoms with van der Waals surface area (Å²) in [7, 11) is 0. The van der Waals surface area contributed by atoms with E-state index in [-0.39, 0.29) is 18.6 Å². The van der Waals surface area contributed by atoms with Crippen LogP contribution in [0.15, 0.2) is 54.6 Å². The first-order valence-corrected chi connectivity index (χ1v) is 11.2. The number of hydrogen-bond donors (Lipinski definition) is 0. The van der Waals surface area contributed by atoms with Gasteiger partial charge in [-0.15, -0.1) is 0 Å². The average molecular weight is 479 g/mol. The molecule has 0 aliphatic heterocycles. The molecule has 2 aromatic carbocycles. The van der Waals surface area contributed by atoms with Crippen molar-refractivity contribution in [3.63, 3.8) is 0 Å². The third-order valence-corrected chi connectivity index (χ3v) is 4.71. The first kappa shape index (κ1) is 27.0. The number of rotatable bonds is 13. The van der Waals surface area contributed by atoms with E-state index in [1.807, 2.05) is 0 Å². The Kier molecular flexibility index (Phi) is 11.2. The normalized spacial score (nSPS) is 11.4. The predicted octanol–water partition coefficient (Wildman–Crippen LogP) is 6.76. The molecule has 0 aromatic heterocycles. The van der Waals surface area contributed by atoms with E-state index >= 15 is 0 Å². The van der Waals surface area contributed by atoms with E-state index in [4.69, 9.17) is 14.2 Å². The summed E-state index contributed by atoms with van der Waals surface area (Å²) >= 11 is 0. The molecule has 0 unspecified atom stereocenters. The second kappa shape index (κ2) is 14.1. The van der Waals surface area contributed by atoms with Crippen molar-refractivity contribution in [3.8, 4) is 11.5 Å². The maximum atomic E-state index is 12.3. The van der Waals surface area contributed by atoms with Gasteiger partial charge in [-0.2, -0.15) is 13.2 Å². The third kappa shape index (κ3) is 11.0. The number of carbonyl (C=O) groups is 2. The summed E-state index contributed by atoms with van der Waals surface area (Å²) in [5.74, 6) is -0.291. The Bertz CT molecular complexity index is 919. The number of unbranched alkanes of at least 4 members (excludes halogenated alkanes) is 3. The minimum atomic E-state index is -4.20. The van der Waals surface area contributed by atoms with E-state index in [1.54, 1.807) is 30.3 Å². The number of benzene rings is 2. The highest BCUT2D eigenvalue weighted by Gasteiger charge is 2.26. The van der Waals surface area contributed by atoms with Crippen LogP contribution in [0.3, 0.4) is 0 Å². The van der Waals surface area contributed by atoms with Crippen molar-refractivity contribution < 1.29 is 37.0 Å². The maximum absolute atomic E-state index is 12.3. The van der Waals surface area contributed by atoms with Crippen LogP contribution in [-0.2, 0) is 9.53 Å². The van der Waals surface area contributed by atoms with Gasteiger partial charge in [0.2, 0.25) is 0 Å². The van der Waals surface area contributed by atoms with Crippen molar-refractivity contribution in [3.05, 3.63) is 65.7 Å². The van der Waals surface area contributed by atoms with E-state index < -0.39 is 24.5 Å². The second-order valence-electron chi connectivity index (χ2n) is 7.61. The minimum absolute atomic E-state index is 0.0687. The van der Waals surface area contributed by atoms with E-state index in [2.05, 4.69) is 6.92 Å². The van der Waals surface area contributed by atoms with Gasteiger partial charge in [0, 0.05) is 12.5 Å². The highest BCUT2D eigenvalue weighted by molar-refractivity contribution is 5.91. The Labute approximate surface area is 197 Å². The quantitative estimate of drug-likeness (QED) is 0.138. The molecular formula is C26H29F3O5. The molecule has 184 valence electrons. The smallest absolute Gasteiger partial charge is 0.389 e. The van der Waals surface area contributed by atoms with Crippen molar-refractivity contribution in [1.29, 1.82) is 0 Å². The van der Waals surface area contributed by atoms with Gasteiger partial charge in [0.25, 0.3) is 0 Å². The summed E-state index contributed by atoms with van der Waals surface area (Å²) in [5.41, 5.74) is 1.02. The van der Waals surface area contributed by atoms with Crippen LogP contribution in [-0.4, -0.2) is 31.3 Å². The first-order chi connectivity index (χ1) is 16.3. The van der Waals surface area contributed by atoms with Crippen molar-refractivity contribution >= 4 is 18.0 Å². The molecule has 0 amide bonds. The summed E-state index contributed by atoms with van der Waals surface area (Å²) in [6, 6.07) is 12.6. The number of ether oxygens (including phenoxy) is 3. The lowest BCUT2D eigenvalue weighted by atomic mass is 10.2. The Hall–Kier alpha value is -3.29. The molecule has 0 radical (unpaired) electrons. The molecule has 0 aliphatic carbocycles.